The molecule has 1 amide bonds. The lowest BCUT2D eigenvalue weighted by Crippen LogP contribution is -2.46. The molecule has 0 spiro atoms. The van der Waals surface area contributed by atoms with Crippen molar-refractivity contribution in [1.82, 2.24) is 19.4 Å². The van der Waals surface area contributed by atoms with Gasteiger partial charge in [-0.25, -0.2) is 0 Å². The van der Waals surface area contributed by atoms with E-state index in [0.717, 1.165) is 39.1 Å². The standard InChI is InChI=1S/C18H26N4O3/c1-20-12-15(14-4-7-19-16(14)18(20)24)17(23)21(2)13-5-8-22(9-6-13)10-11-25-3/h4,7,12-13,19H,5-6,8-11H2,1-3H3. The molecule has 1 fully saturated rings. The summed E-state index contributed by atoms with van der Waals surface area (Å²) < 4.78 is 6.60. The molecule has 2 aromatic rings. The molecule has 2 aromatic heterocycles. The van der Waals surface area contributed by atoms with E-state index in [9.17, 15) is 9.59 Å². The van der Waals surface area contributed by atoms with Gasteiger partial charge in [0, 0.05) is 64.7 Å². The van der Waals surface area contributed by atoms with Crippen molar-refractivity contribution in [2.24, 2.45) is 7.05 Å². The lowest BCUT2D eigenvalue weighted by atomic mass is 10.0. The van der Waals surface area contributed by atoms with Gasteiger partial charge < -0.3 is 24.1 Å². The van der Waals surface area contributed by atoms with Crippen LogP contribution in [0.1, 0.15) is 23.2 Å². The SMILES string of the molecule is COCCN1CCC(N(C)C(=O)c2cn(C)c(=O)c3[nH]ccc23)CC1. The molecule has 7 nitrogen and oxygen atoms in total. The number of likely N-dealkylation sites (tertiary alicyclic amines) is 1. The molecule has 7 heteroatoms. The Morgan fingerprint density at radius 3 is 2.80 bits per heavy atom. The van der Waals surface area contributed by atoms with E-state index in [1.807, 2.05) is 11.9 Å². The molecular weight excluding hydrogens is 320 g/mol. The topological polar surface area (TPSA) is 70.6 Å². The Morgan fingerprint density at radius 2 is 2.12 bits per heavy atom. The molecule has 3 rings (SSSR count). The second-order valence-corrected chi connectivity index (χ2v) is 6.71. The number of carbonyl (C=O) groups is 1. The van der Waals surface area contributed by atoms with Gasteiger partial charge in [-0.15, -0.1) is 0 Å². The number of carbonyl (C=O) groups excluding carboxylic acids is 1. The molecule has 1 saturated heterocycles. The number of methoxy groups -OCH3 is 1. The van der Waals surface area contributed by atoms with Crippen LogP contribution in [0.25, 0.3) is 10.9 Å². The van der Waals surface area contributed by atoms with Gasteiger partial charge in [0.25, 0.3) is 11.5 Å². The number of fused-ring (bicyclic) bond motifs is 1. The van der Waals surface area contributed by atoms with Gasteiger partial charge in [0.1, 0.15) is 5.52 Å². The van der Waals surface area contributed by atoms with Crippen molar-refractivity contribution < 1.29 is 9.53 Å². The van der Waals surface area contributed by atoms with Crippen molar-refractivity contribution in [3.63, 3.8) is 0 Å². The first-order valence-corrected chi connectivity index (χ1v) is 8.68. The molecule has 136 valence electrons. The maximum absolute atomic E-state index is 13.0. The van der Waals surface area contributed by atoms with Crippen LogP contribution in [0, 0.1) is 0 Å². The smallest absolute Gasteiger partial charge is 0.274 e. The van der Waals surface area contributed by atoms with Crippen molar-refractivity contribution in [3.05, 3.63) is 34.4 Å². The fourth-order valence-corrected chi connectivity index (χ4v) is 3.55. The third-order valence-electron chi connectivity index (χ3n) is 5.16. The summed E-state index contributed by atoms with van der Waals surface area (Å²) in [6.07, 6.45) is 5.25. The molecule has 1 aliphatic rings. The summed E-state index contributed by atoms with van der Waals surface area (Å²) in [7, 11) is 5.25. The molecule has 0 bridgehead atoms. The molecule has 3 heterocycles. The average molecular weight is 346 g/mol. The zero-order chi connectivity index (χ0) is 18.0. The molecule has 1 aliphatic heterocycles. The van der Waals surface area contributed by atoms with E-state index in [-0.39, 0.29) is 17.5 Å². The largest absolute Gasteiger partial charge is 0.383 e. The third kappa shape index (κ3) is 3.48. The number of aromatic amines is 1. The third-order valence-corrected chi connectivity index (χ3v) is 5.16. The van der Waals surface area contributed by atoms with Gasteiger partial charge >= 0.3 is 0 Å². The Balaban J connectivity index is 1.75. The van der Waals surface area contributed by atoms with Crippen molar-refractivity contribution in [1.29, 1.82) is 0 Å². The lowest BCUT2D eigenvalue weighted by molar-refractivity contribution is 0.0612. The number of piperidine rings is 1. The Kier molecular flexibility index (Phi) is 5.24. The summed E-state index contributed by atoms with van der Waals surface area (Å²) in [5.41, 5.74) is 0.935. The van der Waals surface area contributed by atoms with Crippen molar-refractivity contribution in [2.45, 2.75) is 18.9 Å². The fourth-order valence-electron chi connectivity index (χ4n) is 3.55. The van der Waals surface area contributed by atoms with Crippen molar-refractivity contribution in [3.8, 4) is 0 Å². The van der Waals surface area contributed by atoms with Crippen molar-refractivity contribution >= 4 is 16.8 Å². The normalized spacial score (nSPS) is 16.4. The van der Waals surface area contributed by atoms with Gasteiger partial charge in [-0.2, -0.15) is 0 Å². The average Bonchev–Trinajstić information content (AvgIpc) is 3.12. The number of ether oxygens (including phenoxy) is 1. The first-order valence-electron chi connectivity index (χ1n) is 8.68. The zero-order valence-corrected chi connectivity index (χ0v) is 15.1. The second-order valence-electron chi connectivity index (χ2n) is 6.71. The quantitative estimate of drug-likeness (QED) is 0.878. The number of nitrogens with one attached hydrogen (secondary N) is 1. The number of hydrogen-bond acceptors (Lipinski definition) is 4. The molecular formula is C18H26N4O3. The van der Waals surface area contributed by atoms with E-state index in [1.165, 1.54) is 4.57 Å². The molecule has 0 aliphatic carbocycles. The first-order chi connectivity index (χ1) is 12.0. The number of aromatic nitrogens is 2. The highest BCUT2D eigenvalue weighted by atomic mass is 16.5. The van der Waals surface area contributed by atoms with Crippen LogP contribution in [-0.2, 0) is 11.8 Å². The van der Waals surface area contributed by atoms with Gasteiger partial charge in [0.2, 0.25) is 0 Å². The maximum atomic E-state index is 13.0. The predicted molar refractivity (Wildman–Crippen MR) is 97.0 cm³/mol. The van der Waals surface area contributed by atoms with Crippen molar-refractivity contribution in [2.75, 3.05) is 40.4 Å². The van der Waals surface area contributed by atoms with Crippen LogP contribution in [0.3, 0.4) is 0 Å². The minimum atomic E-state index is -0.120. The van der Waals surface area contributed by atoms with E-state index in [0.29, 0.717) is 16.5 Å². The first kappa shape index (κ1) is 17.7. The highest BCUT2D eigenvalue weighted by Gasteiger charge is 2.27. The molecule has 25 heavy (non-hydrogen) atoms. The summed E-state index contributed by atoms with van der Waals surface area (Å²) in [5, 5.41) is 0.692. The monoisotopic (exact) mass is 346 g/mol. The van der Waals surface area contributed by atoms with Crippen LogP contribution >= 0.6 is 0 Å². The van der Waals surface area contributed by atoms with Gasteiger partial charge in [-0.3, -0.25) is 9.59 Å². The summed E-state index contributed by atoms with van der Waals surface area (Å²) in [6, 6.07) is 2.02. The number of nitrogens with zero attached hydrogens (tertiary/aromatic N) is 3. The number of hydrogen-bond donors (Lipinski definition) is 1. The molecule has 0 atom stereocenters. The maximum Gasteiger partial charge on any atom is 0.274 e. The number of rotatable bonds is 5. The summed E-state index contributed by atoms with van der Waals surface area (Å²) >= 11 is 0. The molecule has 0 unspecified atom stereocenters. The van der Waals surface area contributed by atoms with E-state index in [1.54, 1.807) is 32.6 Å². The van der Waals surface area contributed by atoms with Gasteiger partial charge in [-0.05, 0) is 18.9 Å². The molecule has 0 aromatic carbocycles. The lowest BCUT2D eigenvalue weighted by Gasteiger charge is -2.36. The highest BCUT2D eigenvalue weighted by Crippen LogP contribution is 2.21. The highest BCUT2D eigenvalue weighted by molar-refractivity contribution is 6.05. The number of pyridine rings is 1. The van der Waals surface area contributed by atoms with Gasteiger partial charge in [0.15, 0.2) is 0 Å². The fraction of sp³-hybridized carbons (Fsp3) is 0.556. The zero-order valence-electron chi connectivity index (χ0n) is 15.1. The number of H-pyrrole nitrogens is 1. The van der Waals surface area contributed by atoms with E-state index < -0.39 is 0 Å². The van der Waals surface area contributed by atoms with Gasteiger partial charge in [0.05, 0.1) is 12.2 Å². The Labute approximate surface area is 147 Å². The molecule has 1 N–H and O–H groups in total. The Morgan fingerprint density at radius 1 is 1.40 bits per heavy atom. The summed E-state index contributed by atoms with van der Waals surface area (Å²) in [4.78, 5) is 32.3. The Bertz CT molecular complexity index is 802. The number of amides is 1. The van der Waals surface area contributed by atoms with Crippen LogP contribution in [0.15, 0.2) is 23.3 Å². The van der Waals surface area contributed by atoms with Crippen LogP contribution in [0.4, 0.5) is 0 Å². The minimum Gasteiger partial charge on any atom is -0.383 e. The van der Waals surface area contributed by atoms with E-state index in [4.69, 9.17) is 4.74 Å². The Hall–Kier alpha value is -2.12. The van der Waals surface area contributed by atoms with E-state index in [2.05, 4.69) is 9.88 Å². The van der Waals surface area contributed by atoms with Gasteiger partial charge in [-0.1, -0.05) is 0 Å². The minimum absolute atomic E-state index is 0.0319. The molecule has 0 saturated carbocycles. The molecule has 0 radical (unpaired) electrons. The predicted octanol–water partition coefficient (Wildman–Crippen LogP) is 1.05. The van der Waals surface area contributed by atoms with Crippen LogP contribution in [0.5, 0.6) is 0 Å². The van der Waals surface area contributed by atoms with Crippen LogP contribution in [-0.4, -0.2) is 71.7 Å². The summed E-state index contributed by atoms with van der Waals surface area (Å²) in [6.45, 7) is 3.62. The van der Waals surface area contributed by atoms with E-state index >= 15 is 0 Å². The second kappa shape index (κ2) is 7.41. The summed E-state index contributed by atoms with van der Waals surface area (Å²) in [5.74, 6) is -0.0319. The number of aryl methyl sites for hydroxylation is 1. The van der Waals surface area contributed by atoms with Crippen LogP contribution in [0.2, 0.25) is 0 Å². The van der Waals surface area contributed by atoms with Crippen LogP contribution < -0.4 is 5.56 Å².